The Morgan fingerprint density at radius 3 is 2.19 bits per heavy atom. The van der Waals surface area contributed by atoms with E-state index >= 15 is 0 Å². The molecule has 0 heterocycles. The van der Waals surface area contributed by atoms with Gasteiger partial charge in [0.05, 0.1) is 5.69 Å². The number of nitrogen functional groups attached to an aromatic ring is 1. The minimum absolute atomic E-state index is 0.0784. The summed E-state index contributed by atoms with van der Waals surface area (Å²) < 4.78 is 29.1. The van der Waals surface area contributed by atoms with Crippen LogP contribution in [0.25, 0.3) is 0 Å². The lowest BCUT2D eigenvalue weighted by Gasteiger charge is -2.16. The lowest BCUT2D eigenvalue weighted by molar-refractivity contribution is 0.567. The van der Waals surface area contributed by atoms with Gasteiger partial charge in [-0.05, 0) is 42.8 Å². The Balaban J connectivity index is 2.26. The maximum absolute atomic E-state index is 12.4. The maximum Gasteiger partial charge on any atom is 0.243 e. The predicted molar refractivity (Wildman–Crippen MR) is 91.4 cm³/mol. The SMILES string of the molecule is C[C@@H](NS(=O)(=O)c1ccc(Br)cc1N)c1ccc(Br)cc1. The largest absolute Gasteiger partial charge is 0.398 e. The molecule has 0 aromatic heterocycles. The summed E-state index contributed by atoms with van der Waals surface area (Å²) in [7, 11) is -3.67. The lowest BCUT2D eigenvalue weighted by Crippen LogP contribution is -2.27. The molecule has 0 fully saturated rings. The Morgan fingerprint density at radius 1 is 1.05 bits per heavy atom. The number of nitrogens with one attached hydrogen (secondary N) is 1. The minimum atomic E-state index is -3.67. The van der Waals surface area contributed by atoms with E-state index in [0.29, 0.717) is 0 Å². The first kappa shape index (κ1) is 16.5. The van der Waals surface area contributed by atoms with Gasteiger partial charge in [0.2, 0.25) is 10.0 Å². The van der Waals surface area contributed by atoms with Crippen molar-refractivity contribution in [2.75, 3.05) is 5.73 Å². The third kappa shape index (κ3) is 4.06. The van der Waals surface area contributed by atoms with Crippen LogP contribution in [0.2, 0.25) is 0 Å². The van der Waals surface area contributed by atoms with Gasteiger partial charge in [-0.15, -0.1) is 0 Å². The second kappa shape index (κ2) is 6.48. The predicted octanol–water partition coefficient (Wildman–Crippen LogP) is 3.83. The molecule has 0 aliphatic heterocycles. The van der Waals surface area contributed by atoms with Crippen LogP contribution < -0.4 is 10.5 Å². The minimum Gasteiger partial charge on any atom is -0.398 e. The van der Waals surface area contributed by atoms with Crippen LogP contribution in [0.3, 0.4) is 0 Å². The first-order valence-electron chi connectivity index (χ1n) is 6.12. The highest BCUT2D eigenvalue weighted by atomic mass is 79.9. The van der Waals surface area contributed by atoms with Crippen molar-refractivity contribution in [2.24, 2.45) is 0 Å². The van der Waals surface area contributed by atoms with Crippen LogP contribution in [0, 0.1) is 0 Å². The zero-order valence-electron chi connectivity index (χ0n) is 11.2. The van der Waals surface area contributed by atoms with Crippen molar-refractivity contribution < 1.29 is 8.42 Å². The summed E-state index contributed by atoms with van der Waals surface area (Å²) in [6.07, 6.45) is 0. The van der Waals surface area contributed by atoms with E-state index in [1.165, 1.54) is 6.07 Å². The highest BCUT2D eigenvalue weighted by molar-refractivity contribution is 9.10. The van der Waals surface area contributed by atoms with Gasteiger partial charge in [0.15, 0.2) is 0 Å². The van der Waals surface area contributed by atoms with E-state index in [0.717, 1.165) is 14.5 Å². The molecule has 0 unspecified atom stereocenters. The molecule has 2 aromatic rings. The Bertz CT molecular complexity index is 746. The molecule has 0 aliphatic carbocycles. The van der Waals surface area contributed by atoms with Gasteiger partial charge in [-0.25, -0.2) is 13.1 Å². The van der Waals surface area contributed by atoms with E-state index in [1.54, 1.807) is 19.1 Å². The number of sulfonamides is 1. The number of benzene rings is 2. The molecule has 1 atom stereocenters. The van der Waals surface area contributed by atoms with Crippen molar-refractivity contribution in [2.45, 2.75) is 17.9 Å². The first-order valence-corrected chi connectivity index (χ1v) is 9.19. The fraction of sp³-hybridized carbons (Fsp3) is 0.143. The maximum atomic E-state index is 12.4. The van der Waals surface area contributed by atoms with Gasteiger partial charge in [0.25, 0.3) is 0 Å². The van der Waals surface area contributed by atoms with Crippen LogP contribution in [0.1, 0.15) is 18.5 Å². The molecule has 2 aromatic carbocycles. The highest BCUT2D eigenvalue weighted by Crippen LogP contribution is 2.25. The van der Waals surface area contributed by atoms with Crippen LogP contribution in [0.4, 0.5) is 5.69 Å². The average molecular weight is 434 g/mol. The Labute approximate surface area is 141 Å². The van der Waals surface area contributed by atoms with Gasteiger partial charge >= 0.3 is 0 Å². The summed E-state index contributed by atoms with van der Waals surface area (Å²) in [4.78, 5) is 0.0784. The summed E-state index contributed by atoms with van der Waals surface area (Å²) >= 11 is 6.61. The molecule has 0 radical (unpaired) electrons. The third-order valence-electron chi connectivity index (χ3n) is 2.96. The molecule has 112 valence electrons. The summed E-state index contributed by atoms with van der Waals surface area (Å²) in [5, 5.41) is 0. The molecule has 0 aliphatic rings. The van der Waals surface area contributed by atoms with Crippen molar-refractivity contribution >= 4 is 47.6 Å². The van der Waals surface area contributed by atoms with E-state index in [4.69, 9.17) is 5.73 Å². The lowest BCUT2D eigenvalue weighted by atomic mass is 10.1. The molecule has 0 saturated heterocycles. The van der Waals surface area contributed by atoms with Crippen LogP contribution in [-0.2, 0) is 10.0 Å². The van der Waals surface area contributed by atoms with Crippen molar-refractivity contribution in [3.05, 3.63) is 57.0 Å². The van der Waals surface area contributed by atoms with Crippen molar-refractivity contribution in [3.63, 3.8) is 0 Å². The summed E-state index contributed by atoms with van der Waals surface area (Å²) in [5.41, 5.74) is 6.87. The van der Waals surface area contributed by atoms with Crippen LogP contribution >= 0.6 is 31.9 Å². The highest BCUT2D eigenvalue weighted by Gasteiger charge is 2.20. The van der Waals surface area contributed by atoms with Gasteiger partial charge in [0.1, 0.15) is 4.90 Å². The van der Waals surface area contributed by atoms with E-state index in [2.05, 4.69) is 36.6 Å². The Kier molecular flexibility index (Phi) is 5.08. The standard InChI is InChI=1S/C14H14Br2N2O2S/c1-9(10-2-4-11(15)5-3-10)18-21(19,20)14-7-6-12(16)8-13(14)17/h2-9,18H,17H2,1H3/t9-/m1/s1. The van der Waals surface area contributed by atoms with E-state index < -0.39 is 10.0 Å². The van der Waals surface area contributed by atoms with Crippen molar-refractivity contribution in [1.82, 2.24) is 4.72 Å². The van der Waals surface area contributed by atoms with Crippen molar-refractivity contribution in [3.8, 4) is 0 Å². The zero-order chi connectivity index (χ0) is 15.6. The average Bonchev–Trinajstić information content (AvgIpc) is 2.38. The third-order valence-corrected chi connectivity index (χ3v) is 5.60. The first-order chi connectivity index (χ1) is 9.79. The number of hydrogen-bond acceptors (Lipinski definition) is 3. The van der Waals surface area contributed by atoms with Crippen LogP contribution in [0.15, 0.2) is 56.3 Å². The number of anilines is 1. The summed E-state index contributed by atoms with van der Waals surface area (Å²) in [5.74, 6) is 0. The smallest absolute Gasteiger partial charge is 0.243 e. The molecule has 0 spiro atoms. The quantitative estimate of drug-likeness (QED) is 0.719. The molecule has 7 heteroatoms. The molecular formula is C14H14Br2N2O2S. The molecule has 0 bridgehead atoms. The molecule has 21 heavy (non-hydrogen) atoms. The van der Waals surface area contributed by atoms with E-state index in [1.807, 2.05) is 24.3 Å². The fourth-order valence-electron chi connectivity index (χ4n) is 1.88. The van der Waals surface area contributed by atoms with Crippen LogP contribution in [-0.4, -0.2) is 8.42 Å². The number of nitrogens with two attached hydrogens (primary N) is 1. The fourth-order valence-corrected chi connectivity index (χ4v) is 3.87. The topological polar surface area (TPSA) is 72.2 Å². The van der Waals surface area contributed by atoms with Gasteiger partial charge in [0, 0.05) is 15.0 Å². The van der Waals surface area contributed by atoms with Gasteiger partial charge in [-0.3, -0.25) is 0 Å². The summed E-state index contributed by atoms with van der Waals surface area (Å²) in [6.45, 7) is 1.79. The number of rotatable bonds is 4. The van der Waals surface area contributed by atoms with Gasteiger partial charge in [-0.1, -0.05) is 44.0 Å². The zero-order valence-corrected chi connectivity index (χ0v) is 15.2. The van der Waals surface area contributed by atoms with E-state index in [9.17, 15) is 8.42 Å². The number of halogens is 2. The van der Waals surface area contributed by atoms with Crippen molar-refractivity contribution in [1.29, 1.82) is 0 Å². The second-order valence-corrected chi connectivity index (χ2v) is 8.09. The van der Waals surface area contributed by atoms with Gasteiger partial charge < -0.3 is 5.73 Å². The van der Waals surface area contributed by atoms with Crippen LogP contribution in [0.5, 0.6) is 0 Å². The Hall–Kier alpha value is -0.890. The molecule has 0 saturated carbocycles. The number of hydrogen-bond donors (Lipinski definition) is 2. The van der Waals surface area contributed by atoms with E-state index in [-0.39, 0.29) is 16.6 Å². The molecule has 2 rings (SSSR count). The molecule has 0 amide bonds. The molecular weight excluding hydrogens is 420 g/mol. The molecule has 3 N–H and O–H groups in total. The normalized spacial score (nSPS) is 13.1. The Morgan fingerprint density at radius 2 is 1.62 bits per heavy atom. The van der Waals surface area contributed by atoms with Gasteiger partial charge in [-0.2, -0.15) is 0 Å². The molecule has 4 nitrogen and oxygen atoms in total. The summed E-state index contributed by atoms with van der Waals surface area (Å²) in [6, 6.07) is 11.8. The second-order valence-electron chi connectivity index (χ2n) is 4.58. The monoisotopic (exact) mass is 432 g/mol.